The van der Waals surface area contributed by atoms with Crippen LogP contribution in [0.15, 0.2) is 0 Å². The molecule has 9 atom stereocenters. The molecule has 0 aromatic carbocycles. The molecule has 1 heterocycles. The quantitative estimate of drug-likeness (QED) is 0.545. The average Bonchev–Trinajstić information content (AvgIpc) is 2.85. The van der Waals surface area contributed by atoms with Crippen LogP contribution in [0.5, 0.6) is 0 Å². The first-order chi connectivity index (χ1) is 9.98. The van der Waals surface area contributed by atoms with Crippen LogP contribution in [0.3, 0.4) is 0 Å². The summed E-state index contributed by atoms with van der Waals surface area (Å²) in [7, 11) is 0. The molecule has 0 aromatic heterocycles. The zero-order valence-corrected chi connectivity index (χ0v) is 12.3. The monoisotopic (exact) mass is 288 g/mol. The zero-order valence-electron chi connectivity index (χ0n) is 12.3. The van der Waals surface area contributed by atoms with Gasteiger partial charge in [0.2, 0.25) is 0 Å². The predicted octanol–water partition coefficient (Wildman–Crippen LogP) is 1.83. The molecule has 0 radical (unpaired) electrons. The molecule has 4 nitrogen and oxygen atoms in total. The van der Waals surface area contributed by atoms with E-state index in [0.717, 1.165) is 35.5 Å². The van der Waals surface area contributed by atoms with Gasteiger partial charge in [-0.15, -0.1) is 0 Å². The fraction of sp³-hybridized carbons (Fsp3) is 0.882. The first kappa shape index (κ1) is 11.5. The molecule has 0 spiro atoms. The Morgan fingerprint density at radius 3 is 1.81 bits per heavy atom. The van der Waals surface area contributed by atoms with E-state index in [2.05, 4.69) is 0 Å². The molecule has 6 aliphatic rings. The normalized spacial score (nSPS) is 61.1. The van der Waals surface area contributed by atoms with Crippen LogP contribution in [-0.4, -0.2) is 17.7 Å². The fourth-order valence-electron chi connectivity index (χ4n) is 8.04. The summed E-state index contributed by atoms with van der Waals surface area (Å²) < 4.78 is 10.8. The van der Waals surface area contributed by atoms with E-state index >= 15 is 0 Å². The molecule has 1 aliphatic heterocycles. The Bertz CT molecular complexity index is 570. The number of cyclic esters (lactones) is 2. The second kappa shape index (κ2) is 3.02. The van der Waals surface area contributed by atoms with Crippen LogP contribution >= 0.6 is 0 Å². The molecule has 0 N–H and O–H groups in total. The largest absolute Gasteiger partial charge is 0.422 e. The van der Waals surface area contributed by atoms with Crippen molar-refractivity contribution in [2.75, 3.05) is 0 Å². The molecule has 5 saturated carbocycles. The molecule has 2 bridgehead atoms. The predicted molar refractivity (Wildman–Crippen MR) is 70.4 cm³/mol. The van der Waals surface area contributed by atoms with Crippen molar-refractivity contribution in [1.82, 2.24) is 0 Å². The van der Waals surface area contributed by atoms with Crippen molar-refractivity contribution in [2.24, 2.45) is 59.2 Å². The van der Waals surface area contributed by atoms with Gasteiger partial charge in [-0.1, -0.05) is 0 Å². The van der Waals surface area contributed by atoms with Gasteiger partial charge in [0.05, 0.1) is 0 Å². The minimum absolute atomic E-state index is 0.226. The van der Waals surface area contributed by atoms with E-state index in [1.54, 1.807) is 13.8 Å². The molecular formula is C17H20O4. The van der Waals surface area contributed by atoms with Gasteiger partial charge in [-0.3, -0.25) is 9.59 Å². The number of fused-ring (bicyclic) bond motifs is 2. The van der Waals surface area contributed by atoms with Gasteiger partial charge < -0.3 is 9.47 Å². The second-order valence-electron chi connectivity index (χ2n) is 8.73. The lowest BCUT2D eigenvalue weighted by molar-refractivity contribution is -0.246. The second-order valence-corrected chi connectivity index (χ2v) is 8.73. The van der Waals surface area contributed by atoms with E-state index in [4.69, 9.17) is 9.47 Å². The Kier molecular flexibility index (Phi) is 1.65. The third-order valence-corrected chi connectivity index (χ3v) is 7.97. The molecule has 6 fully saturated rings. The number of carbonyl (C=O) groups excluding carboxylic acids is 2. The highest BCUT2D eigenvalue weighted by Gasteiger charge is 2.82. The van der Waals surface area contributed by atoms with Crippen molar-refractivity contribution >= 4 is 11.9 Å². The lowest BCUT2D eigenvalue weighted by Gasteiger charge is -2.49. The maximum atomic E-state index is 12.5. The number of carbonyl (C=O) groups is 2. The summed E-state index contributed by atoms with van der Waals surface area (Å²) in [5.41, 5.74) is 0. The van der Waals surface area contributed by atoms with Crippen LogP contribution < -0.4 is 0 Å². The SMILES string of the molecule is CC1(C)OC(=O)C([C@@H]2[C@@H]3[C@@H]4C[C@@H]5[C@@H]6[C@H]4C[C@H]3[C@@H]6[C@H]52)C(=O)O1. The summed E-state index contributed by atoms with van der Waals surface area (Å²) >= 11 is 0. The number of esters is 2. The van der Waals surface area contributed by atoms with Crippen molar-refractivity contribution in [3.05, 3.63) is 0 Å². The van der Waals surface area contributed by atoms with Crippen LogP contribution in [0, 0.1) is 59.2 Å². The van der Waals surface area contributed by atoms with E-state index in [-0.39, 0.29) is 17.9 Å². The van der Waals surface area contributed by atoms with Crippen molar-refractivity contribution in [3.63, 3.8) is 0 Å². The van der Waals surface area contributed by atoms with E-state index < -0.39 is 11.7 Å². The highest BCUT2D eigenvalue weighted by Crippen LogP contribution is 2.85. The maximum Gasteiger partial charge on any atom is 0.323 e. The van der Waals surface area contributed by atoms with Gasteiger partial charge in [-0.05, 0) is 66.1 Å². The maximum absolute atomic E-state index is 12.5. The van der Waals surface area contributed by atoms with Gasteiger partial charge in [-0.2, -0.15) is 0 Å². The van der Waals surface area contributed by atoms with Gasteiger partial charge >= 0.3 is 11.9 Å². The molecule has 4 heteroatoms. The van der Waals surface area contributed by atoms with E-state index in [9.17, 15) is 9.59 Å². The summed E-state index contributed by atoms with van der Waals surface area (Å²) in [6.07, 6.45) is 2.74. The first-order valence-corrected chi connectivity index (χ1v) is 8.44. The average molecular weight is 288 g/mol. The van der Waals surface area contributed by atoms with Gasteiger partial charge in [0.15, 0.2) is 5.92 Å². The molecule has 0 amide bonds. The third-order valence-electron chi connectivity index (χ3n) is 7.97. The van der Waals surface area contributed by atoms with E-state index in [1.807, 2.05) is 0 Å². The number of ether oxygens (including phenoxy) is 2. The summed E-state index contributed by atoms with van der Waals surface area (Å²) in [5, 5.41) is 0. The van der Waals surface area contributed by atoms with Crippen LogP contribution in [-0.2, 0) is 19.1 Å². The molecule has 1 saturated heterocycles. The highest BCUT2D eigenvalue weighted by molar-refractivity contribution is 5.97. The number of hydrogen-bond acceptors (Lipinski definition) is 4. The number of hydrogen-bond donors (Lipinski definition) is 0. The van der Waals surface area contributed by atoms with Crippen molar-refractivity contribution < 1.29 is 19.1 Å². The molecule has 21 heavy (non-hydrogen) atoms. The van der Waals surface area contributed by atoms with Crippen molar-refractivity contribution in [1.29, 1.82) is 0 Å². The van der Waals surface area contributed by atoms with Crippen LogP contribution in [0.4, 0.5) is 0 Å². The summed E-state index contributed by atoms with van der Waals surface area (Å²) in [6, 6.07) is 0. The summed E-state index contributed by atoms with van der Waals surface area (Å²) in [6.45, 7) is 3.28. The Labute approximate surface area is 123 Å². The molecular weight excluding hydrogens is 268 g/mol. The van der Waals surface area contributed by atoms with Gasteiger partial charge in [0.25, 0.3) is 5.79 Å². The Morgan fingerprint density at radius 2 is 1.24 bits per heavy atom. The smallest absolute Gasteiger partial charge is 0.323 e. The first-order valence-electron chi connectivity index (χ1n) is 8.44. The van der Waals surface area contributed by atoms with Crippen LogP contribution in [0.25, 0.3) is 0 Å². The standard InChI is InChI=1S/C17H20O4/c1-17(2)20-15(18)14(16(19)21-17)13-10-6-4-7-9-5(6)3-8(10)11(9)12(7)13/h5-14H,3-4H2,1-2H3/t5-,6+,7+,8+,9-,10+,11-,12-,13+/m0/s1. The van der Waals surface area contributed by atoms with Gasteiger partial charge in [0, 0.05) is 13.8 Å². The van der Waals surface area contributed by atoms with Crippen LogP contribution in [0.2, 0.25) is 0 Å². The molecule has 5 aliphatic carbocycles. The van der Waals surface area contributed by atoms with Crippen LogP contribution in [0.1, 0.15) is 26.7 Å². The Hall–Kier alpha value is -1.06. The molecule has 112 valence electrons. The third kappa shape index (κ3) is 1.02. The zero-order chi connectivity index (χ0) is 14.3. The van der Waals surface area contributed by atoms with E-state index in [1.165, 1.54) is 12.8 Å². The Morgan fingerprint density at radius 1 is 0.762 bits per heavy atom. The number of rotatable bonds is 1. The topological polar surface area (TPSA) is 52.6 Å². The lowest BCUT2D eigenvalue weighted by Crippen LogP contribution is -2.54. The summed E-state index contributed by atoms with van der Waals surface area (Å²) in [5.74, 6) is 4.14. The Balaban J connectivity index is 1.41. The molecule has 0 unspecified atom stereocenters. The van der Waals surface area contributed by atoms with Crippen molar-refractivity contribution in [2.45, 2.75) is 32.5 Å². The summed E-state index contributed by atoms with van der Waals surface area (Å²) in [4.78, 5) is 25.0. The molecule has 6 rings (SSSR count). The van der Waals surface area contributed by atoms with Crippen molar-refractivity contribution in [3.8, 4) is 0 Å². The fourth-order valence-corrected chi connectivity index (χ4v) is 8.04. The van der Waals surface area contributed by atoms with Gasteiger partial charge in [-0.25, -0.2) is 0 Å². The lowest BCUT2D eigenvalue weighted by atomic mass is 9.55. The highest BCUT2D eigenvalue weighted by atomic mass is 16.7. The molecule has 0 aromatic rings. The minimum atomic E-state index is -1.09. The van der Waals surface area contributed by atoms with E-state index in [0.29, 0.717) is 11.8 Å². The van der Waals surface area contributed by atoms with Gasteiger partial charge in [0.1, 0.15) is 0 Å². The minimum Gasteiger partial charge on any atom is -0.422 e.